The lowest BCUT2D eigenvalue weighted by Gasteiger charge is -2.10. The first-order valence-electron chi connectivity index (χ1n) is 8.09. The van der Waals surface area contributed by atoms with Crippen LogP contribution in [-0.2, 0) is 6.54 Å². The number of nitrogens with one attached hydrogen (secondary N) is 1. The average Bonchev–Trinajstić information content (AvgIpc) is 2.67. The molecule has 0 aliphatic carbocycles. The number of quaternary nitrogens is 1. The molecule has 2 aromatic heterocycles. The summed E-state index contributed by atoms with van der Waals surface area (Å²) in [5.41, 5.74) is 9.51. The number of pyridine rings is 1. The summed E-state index contributed by atoms with van der Waals surface area (Å²) < 4.78 is 0. The van der Waals surface area contributed by atoms with Crippen LogP contribution in [0.15, 0.2) is 71.5 Å². The van der Waals surface area contributed by atoms with E-state index in [1.54, 1.807) is 6.07 Å². The van der Waals surface area contributed by atoms with Gasteiger partial charge in [0.15, 0.2) is 5.65 Å². The molecule has 0 spiro atoms. The molecule has 4 rings (SSSR count). The van der Waals surface area contributed by atoms with E-state index in [-0.39, 0.29) is 5.56 Å². The number of fused-ring (bicyclic) bond motifs is 1. The molecule has 0 radical (unpaired) electrons. The number of hydrogen-bond acceptors (Lipinski definition) is 3. The molecule has 0 unspecified atom stereocenters. The van der Waals surface area contributed by atoms with Crippen molar-refractivity contribution in [2.75, 3.05) is 0 Å². The molecule has 5 heteroatoms. The first-order chi connectivity index (χ1) is 12.2. The quantitative estimate of drug-likeness (QED) is 0.605. The Bertz CT molecular complexity index is 1090. The molecule has 122 valence electrons. The molecule has 4 aromatic rings. The minimum absolute atomic E-state index is 0.187. The molecular weight excluding hydrogens is 312 g/mol. The minimum Gasteiger partial charge on any atom is -0.354 e. The van der Waals surface area contributed by atoms with Gasteiger partial charge in [-0.1, -0.05) is 54.6 Å². The second kappa shape index (κ2) is 6.30. The topological polar surface area (TPSA) is 86.3 Å². The molecule has 25 heavy (non-hydrogen) atoms. The van der Waals surface area contributed by atoms with E-state index in [2.05, 4.69) is 10.7 Å². The van der Waals surface area contributed by atoms with Gasteiger partial charge in [-0.25, -0.2) is 9.97 Å². The summed E-state index contributed by atoms with van der Waals surface area (Å²) in [6.45, 7) is 0.739. The zero-order valence-corrected chi connectivity index (χ0v) is 13.6. The van der Waals surface area contributed by atoms with Gasteiger partial charge in [-0.2, -0.15) is 0 Å². The Balaban J connectivity index is 2.00. The number of benzene rings is 2. The molecule has 0 bridgehead atoms. The largest absolute Gasteiger partial charge is 0.354 e. The minimum atomic E-state index is -0.187. The lowest BCUT2D eigenvalue weighted by atomic mass is 10.0. The Hall–Kier alpha value is -3.31. The standard InChI is InChI=1S/C20H16N4O/c21-12-13-6-8-15(9-7-13)19-18(14-4-2-1-3-5-14)22-16-10-11-17(25)23-20(16)24-19/h1-11H,12,21H2,(H,23,24,25)/p+1. The normalized spacial score (nSPS) is 10.9. The Morgan fingerprint density at radius 3 is 2.20 bits per heavy atom. The maximum atomic E-state index is 11.6. The lowest BCUT2D eigenvalue weighted by molar-refractivity contribution is -0.386. The number of aromatic nitrogens is 3. The van der Waals surface area contributed by atoms with E-state index in [9.17, 15) is 4.79 Å². The summed E-state index contributed by atoms with van der Waals surface area (Å²) in [6, 6.07) is 21.2. The fourth-order valence-corrected chi connectivity index (χ4v) is 2.80. The monoisotopic (exact) mass is 329 g/mol. The van der Waals surface area contributed by atoms with Crippen LogP contribution in [0.25, 0.3) is 33.7 Å². The maximum absolute atomic E-state index is 11.6. The third-order valence-corrected chi connectivity index (χ3v) is 4.12. The number of aromatic amines is 1. The van der Waals surface area contributed by atoms with Crippen LogP contribution in [-0.4, -0.2) is 15.0 Å². The summed E-state index contributed by atoms with van der Waals surface area (Å²) in [5.74, 6) is 0. The number of nitrogens with zero attached hydrogens (tertiary/aromatic N) is 2. The molecule has 0 saturated carbocycles. The average molecular weight is 329 g/mol. The van der Waals surface area contributed by atoms with Gasteiger partial charge in [-0.05, 0) is 6.07 Å². The van der Waals surface area contributed by atoms with Crippen molar-refractivity contribution in [3.05, 3.63) is 82.6 Å². The van der Waals surface area contributed by atoms with Gasteiger partial charge >= 0.3 is 0 Å². The molecule has 0 saturated heterocycles. The van der Waals surface area contributed by atoms with Gasteiger partial charge in [0.1, 0.15) is 5.52 Å². The molecule has 0 atom stereocenters. The maximum Gasteiger partial charge on any atom is 0.249 e. The van der Waals surface area contributed by atoms with Gasteiger partial charge in [-0.3, -0.25) is 4.79 Å². The van der Waals surface area contributed by atoms with E-state index in [0.717, 1.165) is 34.6 Å². The van der Waals surface area contributed by atoms with Crippen molar-refractivity contribution in [2.24, 2.45) is 0 Å². The SMILES string of the molecule is [NH3+]Cc1ccc(-c2nc3[nH]c(=O)ccc3nc2-c2ccccc2)cc1. The zero-order valence-electron chi connectivity index (χ0n) is 13.6. The summed E-state index contributed by atoms with van der Waals surface area (Å²) in [5, 5.41) is 0. The van der Waals surface area contributed by atoms with Crippen molar-refractivity contribution in [2.45, 2.75) is 6.54 Å². The first kappa shape index (κ1) is 15.2. The van der Waals surface area contributed by atoms with E-state index in [1.165, 1.54) is 6.07 Å². The summed E-state index contributed by atoms with van der Waals surface area (Å²) >= 11 is 0. The smallest absolute Gasteiger partial charge is 0.249 e. The van der Waals surface area contributed by atoms with E-state index in [4.69, 9.17) is 9.97 Å². The van der Waals surface area contributed by atoms with Crippen LogP contribution in [0.3, 0.4) is 0 Å². The molecule has 5 nitrogen and oxygen atoms in total. The molecule has 2 aromatic carbocycles. The van der Waals surface area contributed by atoms with E-state index in [0.29, 0.717) is 11.2 Å². The molecular formula is C20H17N4O+. The van der Waals surface area contributed by atoms with E-state index in [1.807, 2.05) is 54.6 Å². The second-order valence-corrected chi connectivity index (χ2v) is 5.79. The summed E-state index contributed by atoms with van der Waals surface area (Å²) in [7, 11) is 0. The van der Waals surface area contributed by atoms with Gasteiger partial charge in [0.25, 0.3) is 0 Å². The Labute approximate surface area is 144 Å². The van der Waals surface area contributed by atoms with E-state index < -0.39 is 0 Å². The highest BCUT2D eigenvalue weighted by molar-refractivity contribution is 5.84. The summed E-state index contributed by atoms with van der Waals surface area (Å²) in [6.07, 6.45) is 0. The molecule has 4 N–H and O–H groups in total. The van der Waals surface area contributed by atoms with Crippen LogP contribution < -0.4 is 11.3 Å². The predicted octanol–water partition coefficient (Wildman–Crippen LogP) is 2.39. The van der Waals surface area contributed by atoms with Gasteiger partial charge in [0.05, 0.1) is 17.9 Å². The number of H-pyrrole nitrogens is 1. The van der Waals surface area contributed by atoms with Crippen LogP contribution in [0.5, 0.6) is 0 Å². The van der Waals surface area contributed by atoms with Crippen molar-refractivity contribution >= 4 is 11.2 Å². The Morgan fingerprint density at radius 2 is 1.48 bits per heavy atom. The van der Waals surface area contributed by atoms with Crippen molar-refractivity contribution < 1.29 is 5.73 Å². The molecule has 0 aliphatic rings. The van der Waals surface area contributed by atoms with Crippen molar-refractivity contribution in [3.8, 4) is 22.5 Å². The fourth-order valence-electron chi connectivity index (χ4n) is 2.80. The third-order valence-electron chi connectivity index (χ3n) is 4.12. The summed E-state index contributed by atoms with van der Waals surface area (Å²) in [4.78, 5) is 23.9. The predicted molar refractivity (Wildman–Crippen MR) is 97.6 cm³/mol. The molecule has 0 aliphatic heterocycles. The third kappa shape index (κ3) is 2.93. The van der Waals surface area contributed by atoms with Crippen LogP contribution in [0, 0.1) is 0 Å². The van der Waals surface area contributed by atoms with Gasteiger partial charge in [0.2, 0.25) is 5.56 Å². The highest BCUT2D eigenvalue weighted by atomic mass is 16.1. The molecule has 0 amide bonds. The Kier molecular flexibility index (Phi) is 3.84. The second-order valence-electron chi connectivity index (χ2n) is 5.79. The fraction of sp³-hybridized carbons (Fsp3) is 0.0500. The van der Waals surface area contributed by atoms with Gasteiger partial charge in [0, 0.05) is 22.8 Å². The van der Waals surface area contributed by atoms with Crippen LogP contribution >= 0.6 is 0 Å². The zero-order chi connectivity index (χ0) is 17.2. The van der Waals surface area contributed by atoms with Crippen molar-refractivity contribution in [1.29, 1.82) is 0 Å². The van der Waals surface area contributed by atoms with Crippen LogP contribution in [0.1, 0.15) is 5.56 Å². The highest BCUT2D eigenvalue weighted by Gasteiger charge is 2.13. The Morgan fingerprint density at radius 1 is 0.800 bits per heavy atom. The van der Waals surface area contributed by atoms with E-state index >= 15 is 0 Å². The van der Waals surface area contributed by atoms with Crippen molar-refractivity contribution in [3.63, 3.8) is 0 Å². The van der Waals surface area contributed by atoms with Crippen molar-refractivity contribution in [1.82, 2.24) is 15.0 Å². The highest BCUT2D eigenvalue weighted by Crippen LogP contribution is 2.30. The molecule has 2 heterocycles. The van der Waals surface area contributed by atoms with Gasteiger partial charge in [-0.15, -0.1) is 0 Å². The van der Waals surface area contributed by atoms with Gasteiger partial charge < -0.3 is 10.7 Å². The number of hydrogen-bond donors (Lipinski definition) is 2. The van der Waals surface area contributed by atoms with Crippen LogP contribution in [0.4, 0.5) is 0 Å². The number of rotatable bonds is 3. The molecule has 0 fully saturated rings. The first-order valence-corrected chi connectivity index (χ1v) is 8.09. The van der Waals surface area contributed by atoms with Crippen LogP contribution in [0.2, 0.25) is 0 Å². The lowest BCUT2D eigenvalue weighted by Crippen LogP contribution is -2.47.